The van der Waals surface area contributed by atoms with E-state index < -0.39 is 5.91 Å². The molecule has 2 heterocycles. The van der Waals surface area contributed by atoms with Gasteiger partial charge in [0.25, 0.3) is 5.91 Å². The first kappa shape index (κ1) is 20.0. The highest BCUT2D eigenvalue weighted by molar-refractivity contribution is 7.15. The van der Waals surface area contributed by atoms with Crippen molar-refractivity contribution in [3.63, 3.8) is 0 Å². The molecule has 0 bridgehead atoms. The lowest BCUT2D eigenvalue weighted by atomic mass is 10.1. The molecule has 0 atom stereocenters. The van der Waals surface area contributed by atoms with Crippen LogP contribution in [0.2, 0.25) is 0 Å². The first-order valence-corrected chi connectivity index (χ1v) is 10.7. The Morgan fingerprint density at radius 3 is 2.73 bits per heavy atom. The molecule has 30 heavy (non-hydrogen) atoms. The maximum atomic E-state index is 12.6. The quantitative estimate of drug-likeness (QED) is 0.491. The van der Waals surface area contributed by atoms with Gasteiger partial charge in [0.05, 0.1) is 5.69 Å². The Hall–Kier alpha value is -3.27. The van der Waals surface area contributed by atoms with Gasteiger partial charge in [-0.3, -0.25) is 15.0 Å². The van der Waals surface area contributed by atoms with Gasteiger partial charge in [-0.2, -0.15) is 5.26 Å². The van der Waals surface area contributed by atoms with Crippen LogP contribution in [0.4, 0.5) is 5.13 Å². The molecule has 1 aliphatic heterocycles. The van der Waals surface area contributed by atoms with Crippen molar-refractivity contribution in [2.24, 2.45) is 0 Å². The van der Waals surface area contributed by atoms with E-state index in [9.17, 15) is 10.1 Å². The van der Waals surface area contributed by atoms with Gasteiger partial charge in [0, 0.05) is 30.9 Å². The molecule has 0 saturated heterocycles. The second kappa shape index (κ2) is 9.04. The number of aromatic nitrogens is 1. The molecule has 1 amide bonds. The van der Waals surface area contributed by atoms with Crippen molar-refractivity contribution in [1.82, 2.24) is 9.88 Å². The molecule has 0 spiro atoms. The zero-order valence-corrected chi connectivity index (χ0v) is 17.6. The third kappa shape index (κ3) is 4.82. The minimum absolute atomic E-state index is 0.0673. The smallest absolute Gasteiger partial charge is 0.268 e. The molecule has 0 radical (unpaired) electrons. The lowest BCUT2D eigenvalue weighted by Gasteiger charge is -2.25. The van der Waals surface area contributed by atoms with Crippen molar-refractivity contribution < 1.29 is 4.79 Å². The van der Waals surface area contributed by atoms with E-state index in [0.717, 1.165) is 42.9 Å². The first-order valence-electron chi connectivity index (χ1n) is 9.85. The van der Waals surface area contributed by atoms with Gasteiger partial charge in [-0.15, -0.1) is 11.3 Å². The lowest BCUT2D eigenvalue weighted by Crippen LogP contribution is -2.29. The monoisotopic (exact) mass is 414 g/mol. The number of carbonyl (C=O) groups is 1. The summed E-state index contributed by atoms with van der Waals surface area (Å²) in [6, 6.07) is 20.1. The highest BCUT2D eigenvalue weighted by atomic mass is 32.1. The van der Waals surface area contributed by atoms with Crippen LogP contribution in [0.15, 0.2) is 60.2 Å². The van der Waals surface area contributed by atoms with E-state index >= 15 is 0 Å². The standard InChI is InChI=1S/C24H22N4OS/c1-17-7-9-18(10-8-17)13-20(14-25)23(29)27-24-26-21-11-12-28(16-22(21)30-24)15-19-5-3-2-4-6-19/h2-10,13H,11-12,15-16H2,1H3,(H,26,27,29)/b20-13+. The summed E-state index contributed by atoms with van der Waals surface area (Å²) in [7, 11) is 0. The van der Waals surface area contributed by atoms with Crippen LogP contribution in [0, 0.1) is 18.3 Å². The molecule has 3 aromatic rings. The van der Waals surface area contributed by atoms with Gasteiger partial charge in [-0.25, -0.2) is 4.98 Å². The fourth-order valence-corrected chi connectivity index (χ4v) is 4.47. The lowest BCUT2D eigenvalue weighted by molar-refractivity contribution is -0.112. The second-order valence-electron chi connectivity index (χ2n) is 7.37. The van der Waals surface area contributed by atoms with Crippen molar-refractivity contribution in [3.05, 3.63) is 87.4 Å². The topological polar surface area (TPSA) is 69.0 Å². The van der Waals surface area contributed by atoms with Crippen LogP contribution < -0.4 is 5.32 Å². The van der Waals surface area contributed by atoms with Gasteiger partial charge >= 0.3 is 0 Å². The van der Waals surface area contributed by atoms with E-state index in [4.69, 9.17) is 0 Å². The van der Waals surface area contributed by atoms with Gasteiger partial charge in [0.15, 0.2) is 5.13 Å². The van der Waals surface area contributed by atoms with Crippen molar-refractivity contribution in [1.29, 1.82) is 5.26 Å². The van der Waals surface area contributed by atoms with Gasteiger partial charge in [-0.1, -0.05) is 60.2 Å². The number of amides is 1. The van der Waals surface area contributed by atoms with Crippen molar-refractivity contribution >= 4 is 28.5 Å². The summed E-state index contributed by atoms with van der Waals surface area (Å²) in [6.07, 6.45) is 2.46. The Morgan fingerprint density at radius 2 is 2.00 bits per heavy atom. The summed E-state index contributed by atoms with van der Waals surface area (Å²) in [5.41, 5.74) is 4.35. The number of aryl methyl sites for hydroxylation is 1. The number of hydrogen-bond donors (Lipinski definition) is 1. The number of hydrogen-bond acceptors (Lipinski definition) is 5. The SMILES string of the molecule is Cc1ccc(/C=C(\C#N)C(=O)Nc2nc3c(s2)CN(Cc2ccccc2)CC3)cc1. The van der Waals surface area contributed by atoms with Gasteiger partial charge in [0.1, 0.15) is 11.6 Å². The molecule has 5 nitrogen and oxygen atoms in total. The number of carbonyl (C=O) groups excluding carboxylic acids is 1. The Kier molecular flexibility index (Phi) is 6.03. The van der Waals surface area contributed by atoms with Crippen molar-refractivity contribution in [2.75, 3.05) is 11.9 Å². The highest BCUT2D eigenvalue weighted by Gasteiger charge is 2.22. The summed E-state index contributed by atoms with van der Waals surface area (Å²) in [5.74, 6) is -0.426. The minimum Gasteiger partial charge on any atom is -0.297 e. The average molecular weight is 415 g/mol. The predicted octanol–water partition coefficient (Wildman–Crippen LogP) is 4.56. The minimum atomic E-state index is -0.426. The van der Waals surface area contributed by atoms with Crippen LogP contribution in [0.5, 0.6) is 0 Å². The number of thiazole rings is 1. The number of rotatable bonds is 5. The number of nitriles is 1. The summed E-state index contributed by atoms with van der Waals surface area (Å²) in [4.78, 5) is 20.7. The van der Waals surface area contributed by atoms with Crippen LogP contribution in [0.3, 0.4) is 0 Å². The van der Waals surface area contributed by atoms with E-state index in [1.54, 1.807) is 6.08 Å². The fourth-order valence-electron chi connectivity index (χ4n) is 3.42. The second-order valence-corrected chi connectivity index (χ2v) is 8.45. The number of nitrogens with zero attached hydrogens (tertiary/aromatic N) is 3. The van der Waals surface area contributed by atoms with Gasteiger partial charge in [-0.05, 0) is 24.1 Å². The van der Waals surface area contributed by atoms with Crippen LogP contribution in [-0.2, 0) is 24.3 Å². The Labute approximate surface area is 180 Å². The molecule has 2 aromatic carbocycles. The highest BCUT2D eigenvalue weighted by Crippen LogP contribution is 2.29. The predicted molar refractivity (Wildman–Crippen MR) is 120 cm³/mol. The zero-order chi connectivity index (χ0) is 20.9. The maximum Gasteiger partial charge on any atom is 0.268 e. The van der Waals surface area contributed by atoms with E-state index in [1.165, 1.54) is 21.8 Å². The fraction of sp³-hybridized carbons (Fsp3) is 0.208. The third-order valence-corrected chi connectivity index (χ3v) is 6.03. The molecule has 0 aliphatic carbocycles. The molecule has 150 valence electrons. The van der Waals surface area contributed by atoms with E-state index in [2.05, 4.69) is 39.5 Å². The summed E-state index contributed by atoms with van der Waals surface area (Å²) in [6.45, 7) is 4.66. The van der Waals surface area contributed by atoms with Crippen LogP contribution in [0.1, 0.15) is 27.3 Å². The molecule has 6 heteroatoms. The van der Waals surface area contributed by atoms with Gasteiger partial charge in [0.2, 0.25) is 0 Å². The molecule has 0 unspecified atom stereocenters. The number of nitrogens with one attached hydrogen (secondary N) is 1. The summed E-state index contributed by atoms with van der Waals surface area (Å²) in [5, 5.41) is 12.8. The Bertz CT molecular complexity index is 1110. The third-order valence-electron chi connectivity index (χ3n) is 5.03. The largest absolute Gasteiger partial charge is 0.297 e. The average Bonchev–Trinajstić information content (AvgIpc) is 3.15. The molecule has 0 saturated carbocycles. The number of anilines is 1. The van der Waals surface area contributed by atoms with Gasteiger partial charge < -0.3 is 0 Å². The Balaban J connectivity index is 1.43. The molecule has 1 aliphatic rings. The molecular weight excluding hydrogens is 392 g/mol. The molecule has 0 fully saturated rings. The Morgan fingerprint density at radius 1 is 1.23 bits per heavy atom. The molecule has 1 aromatic heterocycles. The van der Waals surface area contributed by atoms with E-state index in [0.29, 0.717) is 5.13 Å². The molecular formula is C24H22N4OS. The number of benzene rings is 2. The van der Waals surface area contributed by atoms with Crippen molar-refractivity contribution in [2.45, 2.75) is 26.4 Å². The zero-order valence-electron chi connectivity index (χ0n) is 16.8. The molecule has 1 N–H and O–H groups in total. The number of fused-ring (bicyclic) bond motifs is 1. The van der Waals surface area contributed by atoms with Crippen molar-refractivity contribution in [3.8, 4) is 6.07 Å². The summed E-state index contributed by atoms with van der Waals surface area (Å²) < 4.78 is 0. The maximum absolute atomic E-state index is 12.6. The van der Waals surface area contributed by atoms with Crippen LogP contribution >= 0.6 is 11.3 Å². The molecule has 4 rings (SSSR count). The van der Waals surface area contributed by atoms with Crippen LogP contribution in [0.25, 0.3) is 6.08 Å². The first-order chi connectivity index (χ1) is 14.6. The van der Waals surface area contributed by atoms with E-state index in [-0.39, 0.29) is 5.57 Å². The van der Waals surface area contributed by atoms with Crippen LogP contribution in [-0.4, -0.2) is 22.3 Å². The summed E-state index contributed by atoms with van der Waals surface area (Å²) >= 11 is 1.49. The normalized spacial score (nSPS) is 14.1. The van der Waals surface area contributed by atoms with E-state index in [1.807, 2.05) is 43.3 Å².